The summed E-state index contributed by atoms with van der Waals surface area (Å²) in [5, 5.41) is 14.2. The molecule has 0 amide bonds. The molecule has 9 nitrogen and oxygen atoms in total. The minimum atomic E-state index is -0.582. The molecule has 2 aromatic rings. The van der Waals surface area contributed by atoms with E-state index in [0.717, 1.165) is 5.56 Å². The van der Waals surface area contributed by atoms with Gasteiger partial charge in [-0.1, -0.05) is 6.07 Å². The normalized spacial score (nSPS) is 10.3. The van der Waals surface area contributed by atoms with Gasteiger partial charge in [0, 0.05) is 26.0 Å². The second-order valence-electron chi connectivity index (χ2n) is 4.25. The van der Waals surface area contributed by atoms with Crippen molar-refractivity contribution in [2.24, 2.45) is 0 Å². The topological polar surface area (TPSA) is 112 Å². The predicted octanol–water partition coefficient (Wildman–Crippen LogP) is 1.55. The van der Waals surface area contributed by atoms with E-state index < -0.39 is 4.92 Å². The Morgan fingerprint density at radius 3 is 2.77 bits per heavy atom. The fourth-order valence-corrected chi connectivity index (χ4v) is 1.79. The predicted molar refractivity (Wildman–Crippen MR) is 77.5 cm³/mol. The summed E-state index contributed by atoms with van der Waals surface area (Å²) >= 11 is 0. The van der Waals surface area contributed by atoms with Gasteiger partial charge in [0.15, 0.2) is 5.82 Å². The number of nitro groups is 1. The van der Waals surface area contributed by atoms with Gasteiger partial charge in [-0.15, -0.1) is 0 Å². The van der Waals surface area contributed by atoms with Crippen molar-refractivity contribution in [3.8, 4) is 5.88 Å². The van der Waals surface area contributed by atoms with E-state index in [1.54, 1.807) is 18.5 Å². The van der Waals surface area contributed by atoms with Gasteiger partial charge in [0.05, 0.1) is 12.0 Å². The maximum atomic E-state index is 11.2. The molecular formula is C13H15N5O4. The van der Waals surface area contributed by atoms with Crippen molar-refractivity contribution in [1.29, 1.82) is 0 Å². The van der Waals surface area contributed by atoms with Crippen LogP contribution < -0.4 is 10.1 Å². The largest absolute Gasteiger partial charge is 0.476 e. The highest BCUT2D eigenvalue weighted by Gasteiger charge is 2.25. The van der Waals surface area contributed by atoms with Crippen LogP contribution in [0.25, 0.3) is 0 Å². The quantitative estimate of drug-likeness (QED) is 0.605. The zero-order valence-corrected chi connectivity index (χ0v) is 12.1. The van der Waals surface area contributed by atoms with Crippen molar-refractivity contribution in [3.05, 3.63) is 46.0 Å². The molecule has 0 unspecified atom stereocenters. The van der Waals surface area contributed by atoms with Crippen LogP contribution in [0.2, 0.25) is 0 Å². The van der Waals surface area contributed by atoms with Gasteiger partial charge < -0.3 is 14.8 Å². The van der Waals surface area contributed by atoms with E-state index in [2.05, 4.69) is 20.3 Å². The Hall–Kier alpha value is -2.81. The summed E-state index contributed by atoms with van der Waals surface area (Å²) in [5.41, 5.74) is 0.550. The second kappa shape index (κ2) is 7.27. The zero-order valence-electron chi connectivity index (χ0n) is 12.1. The molecule has 0 aliphatic rings. The number of hydrogen-bond acceptors (Lipinski definition) is 8. The lowest BCUT2D eigenvalue weighted by Gasteiger charge is -2.10. The van der Waals surface area contributed by atoms with E-state index in [1.165, 1.54) is 14.2 Å². The van der Waals surface area contributed by atoms with Gasteiger partial charge in [0.1, 0.15) is 6.61 Å². The molecule has 2 heterocycles. The summed E-state index contributed by atoms with van der Waals surface area (Å²) in [4.78, 5) is 22.7. The van der Waals surface area contributed by atoms with Crippen LogP contribution in [0.5, 0.6) is 5.88 Å². The van der Waals surface area contributed by atoms with Gasteiger partial charge >= 0.3 is 5.69 Å². The lowest BCUT2D eigenvalue weighted by molar-refractivity contribution is -0.385. The Bertz CT molecular complexity index is 650. The minimum absolute atomic E-state index is 0.0766. The van der Waals surface area contributed by atoms with Crippen LogP contribution in [-0.2, 0) is 17.9 Å². The minimum Gasteiger partial charge on any atom is -0.476 e. The summed E-state index contributed by atoms with van der Waals surface area (Å²) in [6.07, 6.45) is 3.31. The lowest BCUT2D eigenvalue weighted by atomic mass is 10.3. The van der Waals surface area contributed by atoms with Crippen LogP contribution >= 0.6 is 0 Å². The summed E-state index contributed by atoms with van der Waals surface area (Å²) < 4.78 is 9.94. The lowest BCUT2D eigenvalue weighted by Crippen LogP contribution is -2.10. The molecule has 0 spiro atoms. The first-order valence-electron chi connectivity index (χ1n) is 6.36. The third-order valence-corrected chi connectivity index (χ3v) is 2.73. The average Bonchev–Trinajstić information content (AvgIpc) is 2.53. The number of rotatable bonds is 7. The summed E-state index contributed by atoms with van der Waals surface area (Å²) in [5.74, 6) is 0.257. The molecule has 2 rings (SSSR count). The maximum absolute atomic E-state index is 11.2. The molecule has 0 saturated carbocycles. The van der Waals surface area contributed by atoms with Crippen molar-refractivity contribution in [3.63, 3.8) is 0 Å². The van der Waals surface area contributed by atoms with Crippen LogP contribution in [0.1, 0.15) is 11.4 Å². The molecule has 0 radical (unpaired) electrons. The second-order valence-corrected chi connectivity index (χ2v) is 4.25. The summed E-state index contributed by atoms with van der Waals surface area (Å²) in [6.45, 7) is 0.456. The monoisotopic (exact) mass is 305 g/mol. The molecule has 0 atom stereocenters. The first-order valence-corrected chi connectivity index (χ1v) is 6.36. The van der Waals surface area contributed by atoms with E-state index >= 15 is 0 Å². The number of ether oxygens (including phenoxy) is 2. The number of pyridine rings is 1. The van der Waals surface area contributed by atoms with Crippen LogP contribution in [0.3, 0.4) is 0 Å². The van der Waals surface area contributed by atoms with Crippen molar-refractivity contribution in [1.82, 2.24) is 15.0 Å². The molecule has 116 valence electrons. The Balaban J connectivity index is 2.33. The molecule has 0 saturated heterocycles. The number of hydrogen-bond donors (Lipinski definition) is 1. The number of anilines is 1. The summed E-state index contributed by atoms with van der Waals surface area (Å²) in [6, 6.07) is 3.63. The molecule has 0 aromatic carbocycles. The first kappa shape index (κ1) is 15.6. The van der Waals surface area contributed by atoms with Crippen molar-refractivity contribution in [2.75, 3.05) is 19.5 Å². The molecule has 0 aliphatic carbocycles. The Morgan fingerprint density at radius 2 is 2.18 bits per heavy atom. The Labute approximate surface area is 126 Å². The molecule has 0 fully saturated rings. The molecule has 0 bridgehead atoms. The molecule has 2 aromatic heterocycles. The van der Waals surface area contributed by atoms with Crippen molar-refractivity contribution in [2.45, 2.75) is 13.2 Å². The SMILES string of the molecule is COCc1nc(NCc2cccnc2)c([N+](=O)[O-])c(OC)n1. The number of methoxy groups -OCH3 is 2. The number of nitrogens with zero attached hydrogens (tertiary/aromatic N) is 4. The molecule has 1 N–H and O–H groups in total. The number of aromatic nitrogens is 3. The number of nitrogens with one attached hydrogen (secondary N) is 1. The third kappa shape index (κ3) is 3.64. The summed E-state index contributed by atoms with van der Waals surface area (Å²) in [7, 11) is 2.80. The maximum Gasteiger partial charge on any atom is 0.372 e. The zero-order chi connectivity index (χ0) is 15.9. The third-order valence-electron chi connectivity index (χ3n) is 2.73. The molecule has 0 aliphatic heterocycles. The molecule has 22 heavy (non-hydrogen) atoms. The van der Waals surface area contributed by atoms with Gasteiger partial charge in [-0.25, -0.2) is 4.98 Å². The van der Waals surface area contributed by atoms with Crippen molar-refractivity contribution >= 4 is 11.5 Å². The molecule has 9 heteroatoms. The van der Waals surface area contributed by atoms with Gasteiger partial charge in [-0.3, -0.25) is 15.1 Å². The highest BCUT2D eigenvalue weighted by molar-refractivity contribution is 5.61. The smallest absolute Gasteiger partial charge is 0.372 e. The Kier molecular flexibility index (Phi) is 5.15. The van der Waals surface area contributed by atoms with Gasteiger partial charge in [0.25, 0.3) is 5.88 Å². The van der Waals surface area contributed by atoms with Crippen LogP contribution in [0, 0.1) is 10.1 Å². The van der Waals surface area contributed by atoms with Crippen LogP contribution in [0.4, 0.5) is 11.5 Å². The van der Waals surface area contributed by atoms with E-state index in [4.69, 9.17) is 9.47 Å². The van der Waals surface area contributed by atoms with Gasteiger partial charge in [-0.2, -0.15) is 4.98 Å². The van der Waals surface area contributed by atoms with E-state index in [9.17, 15) is 10.1 Å². The van der Waals surface area contributed by atoms with Gasteiger partial charge in [-0.05, 0) is 11.6 Å². The standard InChI is InChI=1S/C13H15N5O4/c1-21-8-10-16-12(11(18(19)20)13(17-10)22-2)15-7-9-4-3-5-14-6-9/h3-6H,7-8H2,1-2H3,(H,15,16,17). The fourth-order valence-electron chi connectivity index (χ4n) is 1.79. The average molecular weight is 305 g/mol. The van der Waals surface area contributed by atoms with Crippen LogP contribution in [0.15, 0.2) is 24.5 Å². The Morgan fingerprint density at radius 1 is 1.36 bits per heavy atom. The van der Waals surface area contributed by atoms with E-state index in [1.807, 2.05) is 6.07 Å². The van der Waals surface area contributed by atoms with Gasteiger partial charge in [0.2, 0.25) is 5.82 Å². The highest BCUT2D eigenvalue weighted by atomic mass is 16.6. The fraction of sp³-hybridized carbons (Fsp3) is 0.308. The molecular weight excluding hydrogens is 290 g/mol. The van der Waals surface area contributed by atoms with Crippen LogP contribution in [-0.4, -0.2) is 34.1 Å². The van der Waals surface area contributed by atoms with E-state index in [-0.39, 0.29) is 24.0 Å². The first-order chi connectivity index (χ1) is 10.7. The highest BCUT2D eigenvalue weighted by Crippen LogP contribution is 2.31. The van der Waals surface area contributed by atoms with E-state index in [0.29, 0.717) is 12.4 Å². The van der Waals surface area contributed by atoms with Crippen molar-refractivity contribution < 1.29 is 14.4 Å².